The van der Waals surface area contributed by atoms with Crippen LogP contribution in [0.5, 0.6) is 5.75 Å². The van der Waals surface area contributed by atoms with Gasteiger partial charge in [-0.2, -0.15) is 0 Å². The molecule has 2 aliphatic rings. The van der Waals surface area contributed by atoms with Crippen LogP contribution in [0.25, 0.3) is 0 Å². The highest BCUT2D eigenvalue weighted by Crippen LogP contribution is 2.62. The number of nitro benzene ring substituents is 1. The minimum absolute atomic E-state index is 0.0230. The number of nitrogens with one attached hydrogen (secondary N) is 2. The lowest BCUT2D eigenvalue weighted by molar-refractivity contribution is -0.386. The summed E-state index contributed by atoms with van der Waals surface area (Å²) in [6, 6.07) is 7.92. The van der Waals surface area contributed by atoms with E-state index in [0.29, 0.717) is 11.3 Å². The molecule has 1 aliphatic heterocycles. The van der Waals surface area contributed by atoms with E-state index in [4.69, 9.17) is 4.74 Å². The van der Waals surface area contributed by atoms with Gasteiger partial charge in [0.05, 0.1) is 21.7 Å². The van der Waals surface area contributed by atoms with E-state index in [-0.39, 0.29) is 28.4 Å². The third-order valence-corrected chi connectivity index (χ3v) is 6.21. The molecule has 2 aromatic rings. The molecule has 0 spiro atoms. The standard InChI is InChI=1S/C23H23N3O6/c1-11(2)14-6-7-15-18(10-14)32-22(5)20-17(26(30)31)9-8-16(24-12(3)27)19(20)21(29)23(15,22)25-13(4)28/h6-11H,1-5H3,(H,24,27)(H,25,28). The summed E-state index contributed by atoms with van der Waals surface area (Å²) in [5.74, 6) is -0.949. The van der Waals surface area contributed by atoms with Crippen molar-refractivity contribution in [1.82, 2.24) is 5.32 Å². The van der Waals surface area contributed by atoms with E-state index in [0.717, 1.165) is 5.56 Å². The van der Waals surface area contributed by atoms with Crippen LogP contribution in [-0.4, -0.2) is 22.5 Å². The Labute approximate surface area is 184 Å². The first kappa shape index (κ1) is 21.5. The summed E-state index contributed by atoms with van der Waals surface area (Å²) in [5.41, 5.74) is -2.14. The normalized spacial score (nSPS) is 22.6. The van der Waals surface area contributed by atoms with E-state index < -0.39 is 33.7 Å². The molecular weight excluding hydrogens is 414 g/mol. The highest BCUT2D eigenvalue weighted by molar-refractivity contribution is 6.17. The van der Waals surface area contributed by atoms with Crippen LogP contribution < -0.4 is 15.4 Å². The molecule has 4 rings (SSSR count). The van der Waals surface area contributed by atoms with E-state index in [2.05, 4.69) is 10.6 Å². The smallest absolute Gasteiger partial charge is 0.277 e. The van der Waals surface area contributed by atoms with Gasteiger partial charge in [-0.1, -0.05) is 26.0 Å². The summed E-state index contributed by atoms with van der Waals surface area (Å²) in [6.07, 6.45) is 0. The van der Waals surface area contributed by atoms with E-state index in [1.807, 2.05) is 19.9 Å². The second-order valence-electron chi connectivity index (χ2n) is 8.63. The van der Waals surface area contributed by atoms with E-state index in [9.17, 15) is 24.5 Å². The Bertz CT molecular complexity index is 1220. The van der Waals surface area contributed by atoms with Crippen molar-refractivity contribution in [2.24, 2.45) is 0 Å². The number of ether oxygens (including phenoxy) is 1. The number of nitro groups is 1. The van der Waals surface area contributed by atoms with Crippen LogP contribution in [0.2, 0.25) is 0 Å². The largest absolute Gasteiger partial charge is 0.479 e. The number of rotatable bonds is 4. The predicted octanol–water partition coefficient (Wildman–Crippen LogP) is 3.51. The van der Waals surface area contributed by atoms with E-state index >= 15 is 0 Å². The highest BCUT2D eigenvalue weighted by atomic mass is 16.6. The van der Waals surface area contributed by atoms with Crippen LogP contribution in [0.4, 0.5) is 11.4 Å². The molecule has 32 heavy (non-hydrogen) atoms. The van der Waals surface area contributed by atoms with Gasteiger partial charge in [0.15, 0.2) is 16.9 Å². The quantitative estimate of drug-likeness (QED) is 0.556. The zero-order chi connectivity index (χ0) is 23.6. The van der Waals surface area contributed by atoms with Crippen LogP contribution in [0.15, 0.2) is 30.3 Å². The SMILES string of the molecule is CC(=O)Nc1ccc([N+](=O)[O-])c2c1C(=O)C1(NC(C)=O)c3ccc(C(C)C)cc3OC21C. The number of amides is 2. The molecule has 2 N–H and O–H groups in total. The number of nitrogens with zero attached hydrogens (tertiary/aromatic N) is 1. The average Bonchev–Trinajstić information content (AvgIpc) is 3.04. The van der Waals surface area contributed by atoms with Crippen molar-refractivity contribution in [3.8, 4) is 5.75 Å². The Morgan fingerprint density at radius 3 is 2.38 bits per heavy atom. The fourth-order valence-corrected chi connectivity index (χ4v) is 4.87. The molecule has 1 heterocycles. The molecule has 2 atom stereocenters. The summed E-state index contributed by atoms with van der Waals surface area (Å²) in [6.45, 7) is 8.13. The Morgan fingerprint density at radius 1 is 1.12 bits per heavy atom. The Morgan fingerprint density at radius 2 is 1.81 bits per heavy atom. The highest BCUT2D eigenvalue weighted by Gasteiger charge is 2.71. The number of carbonyl (C=O) groups excluding carboxylic acids is 3. The maximum Gasteiger partial charge on any atom is 0.277 e. The first-order valence-electron chi connectivity index (χ1n) is 10.2. The van der Waals surface area contributed by atoms with Gasteiger partial charge < -0.3 is 15.4 Å². The molecule has 166 valence electrons. The lowest BCUT2D eigenvalue weighted by Crippen LogP contribution is -2.58. The fraction of sp³-hybridized carbons (Fsp3) is 0.348. The monoisotopic (exact) mass is 437 g/mol. The van der Waals surface area contributed by atoms with Crippen LogP contribution in [0.1, 0.15) is 67.6 Å². The van der Waals surface area contributed by atoms with Crippen molar-refractivity contribution in [2.45, 2.75) is 51.7 Å². The van der Waals surface area contributed by atoms with Crippen LogP contribution in [0, 0.1) is 10.1 Å². The third kappa shape index (κ3) is 2.66. The van der Waals surface area contributed by atoms with Gasteiger partial charge in [-0.3, -0.25) is 24.5 Å². The number of ketones is 1. The summed E-state index contributed by atoms with van der Waals surface area (Å²) in [5, 5.41) is 17.3. The minimum atomic E-state index is -1.72. The van der Waals surface area contributed by atoms with Gasteiger partial charge in [0.25, 0.3) is 5.69 Å². The molecule has 0 fully saturated rings. The number of carbonyl (C=O) groups is 3. The van der Waals surface area contributed by atoms with Crippen molar-refractivity contribution in [2.75, 3.05) is 5.32 Å². The fourth-order valence-electron chi connectivity index (χ4n) is 4.87. The summed E-state index contributed by atoms with van der Waals surface area (Å²) in [4.78, 5) is 49.5. The zero-order valence-corrected chi connectivity index (χ0v) is 18.4. The van der Waals surface area contributed by atoms with Crippen molar-refractivity contribution in [3.05, 3.63) is 62.7 Å². The molecule has 2 amide bonds. The van der Waals surface area contributed by atoms with E-state index in [1.54, 1.807) is 19.1 Å². The van der Waals surface area contributed by atoms with Gasteiger partial charge in [-0.15, -0.1) is 0 Å². The lowest BCUT2D eigenvalue weighted by Gasteiger charge is -2.35. The number of anilines is 1. The summed E-state index contributed by atoms with van der Waals surface area (Å²) < 4.78 is 6.31. The number of fused-ring (bicyclic) bond motifs is 5. The first-order chi connectivity index (χ1) is 14.9. The topological polar surface area (TPSA) is 128 Å². The molecule has 9 heteroatoms. The number of hydrogen-bond acceptors (Lipinski definition) is 6. The number of hydrogen-bond donors (Lipinski definition) is 2. The van der Waals surface area contributed by atoms with Gasteiger partial charge in [-0.05, 0) is 30.5 Å². The van der Waals surface area contributed by atoms with Gasteiger partial charge in [0.2, 0.25) is 11.8 Å². The third-order valence-electron chi connectivity index (χ3n) is 6.21. The summed E-state index contributed by atoms with van der Waals surface area (Å²) >= 11 is 0. The molecule has 2 aromatic carbocycles. The summed E-state index contributed by atoms with van der Waals surface area (Å²) in [7, 11) is 0. The van der Waals surface area contributed by atoms with Crippen molar-refractivity contribution in [3.63, 3.8) is 0 Å². The first-order valence-corrected chi connectivity index (χ1v) is 10.2. The predicted molar refractivity (Wildman–Crippen MR) is 116 cm³/mol. The van der Waals surface area contributed by atoms with Gasteiger partial charge >= 0.3 is 0 Å². The number of benzene rings is 2. The molecular formula is C23H23N3O6. The second-order valence-corrected chi connectivity index (χ2v) is 8.63. The van der Waals surface area contributed by atoms with Gasteiger partial charge in [0.1, 0.15) is 5.75 Å². The molecule has 0 radical (unpaired) electrons. The Hall–Kier alpha value is -3.75. The molecule has 0 saturated heterocycles. The van der Waals surface area contributed by atoms with Crippen LogP contribution in [0.3, 0.4) is 0 Å². The second kappa shape index (κ2) is 6.88. The Balaban J connectivity index is 2.08. The molecule has 0 bridgehead atoms. The number of Topliss-reactive ketones (excluding diaryl/α,β-unsaturated/α-hetero) is 1. The molecule has 1 aliphatic carbocycles. The van der Waals surface area contributed by atoms with Crippen LogP contribution >= 0.6 is 0 Å². The van der Waals surface area contributed by atoms with Crippen molar-refractivity contribution < 1.29 is 24.0 Å². The Kier molecular flexibility index (Phi) is 4.62. The maximum absolute atomic E-state index is 14.0. The van der Waals surface area contributed by atoms with E-state index in [1.165, 1.54) is 26.0 Å². The maximum atomic E-state index is 14.0. The zero-order valence-electron chi connectivity index (χ0n) is 18.4. The van der Waals surface area contributed by atoms with Gasteiger partial charge in [-0.25, -0.2) is 0 Å². The lowest BCUT2D eigenvalue weighted by atomic mass is 9.76. The molecule has 0 aromatic heterocycles. The molecule has 2 unspecified atom stereocenters. The molecule has 0 saturated carbocycles. The van der Waals surface area contributed by atoms with Gasteiger partial charge in [0, 0.05) is 25.5 Å². The molecule has 9 nitrogen and oxygen atoms in total. The van der Waals surface area contributed by atoms with Crippen molar-refractivity contribution in [1.29, 1.82) is 0 Å². The average molecular weight is 437 g/mol. The minimum Gasteiger partial charge on any atom is -0.479 e. The van der Waals surface area contributed by atoms with Crippen molar-refractivity contribution >= 4 is 29.0 Å². The van der Waals surface area contributed by atoms with Crippen LogP contribution in [-0.2, 0) is 20.7 Å².